The van der Waals surface area contributed by atoms with E-state index in [1.807, 2.05) is 19.9 Å². The van der Waals surface area contributed by atoms with Crippen molar-refractivity contribution in [3.8, 4) is 5.75 Å². The van der Waals surface area contributed by atoms with Crippen LogP contribution in [0.5, 0.6) is 5.75 Å². The molecule has 2 unspecified atom stereocenters. The molecule has 3 heteroatoms. The molecule has 3 rings (SSSR count). The summed E-state index contributed by atoms with van der Waals surface area (Å²) in [7, 11) is 0. The second kappa shape index (κ2) is 8.39. The zero-order chi connectivity index (χ0) is 18.5. The third-order valence-electron chi connectivity index (χ3n) is 5.20. The average molecular weight is 351 g/mol. The molecule has 0 fully saturated rings. The lowest BCUT2D eigenvalue weighted by molar-refractivity contribution is -0.128. The van der Waals surface area contributed by atoms with E-state index in [0.717, 1.165) is 24.2 Å². The van der Waals surface area contributed by atoms with Crippen molar-refractivity contribution in [1.29, 1.82) is 0 Å². The SMILES string of the molecule is CCC(Oc1ccc2c(c1)CCCC2)C(=O)NC(C)c1ccc(C)cc1. The van der Waals surface area contributed by atoms with Crippen molar-refractivity contribution in [3.63, 3.8) is 0 Å². The Morgan fingerprint density at radius 3 is 2.46 bits per heavy atom. The molecular weight excluding hydrogens is 322 g/mol. The van der Waals surface area contributed by atoms with Crippen molar-refractivity contribution >= 4 is 5.91 Å². The van der Waals surface area contributed by atoms with Crippen molar-refractivity contribution in [2.24, 2.45) is 0 Å². The highest BCUT2D eigenvalue weighted by Crippen LogP contribution is 2.26. The van der Waals surface area contributed by atoms with E-state index in [1.54, 1.807) is 0 Å². The lowest BCUT2D eigenvalue weighted by Gasteiger charge is -2.22. The van der Waals surface area contributed by atoms with Gasteiger partial charge in [0.25, 0.3) is 5.91 Å². The summed E-state index contributed by atoms with van der Waals surface area (Å²) < 4.78 is 6.04. The van der Waals surface area contributed by atoms with Crippen LogP contribution in [0.1, 0.15) is 61.4 Å². The number of aryl methyl sites for hydroxylation is 3. The Morgan fingerprint density at radius 2 is 1.77 bits per heavy atom. The first-order valence-corrected chi connectivity index (χ1v) is 9.72. The standard InChI is InChI=1S/C23H29NO2/c1-4-22(23(25)24-17(3)18-11-9-16(2)10-12-18)26-21-14-13-19-7-5-6-8-20(19)15-21/h9-15,17,22H,4-8H2,1-3H3,(H,24,25). The predicted molar refractivity (Wildman–Crippen MR) is 106 cm³/mol. The first-order valence-electron chi connectivity index (χ1n) is 9.72. The van der Waals surface area contributed by atoms with Gasteiger partial charge in [0.05, 0.1) is 6.04 Å². The molecular formula is C23H29NO2. The van der Waals surface area contributed by atoms with E-state index in [0.29, 0.717) is 6.42 Å². The first kappa shape index (κ1) is 18.5. The molecule has 2 atom stereocenters. The van der Waals surface area contributed by atoms with Crippen LogP contribution in [-0.2, 0) is 17.6 Å². The summed E-state index contributed by atoms with van der Waals surface area (Å²) in [5, 5.41) is 3.09. The van der Waals surface area contributed by atoms with E-state index in [1.165, 1.54) is 29.5 Å². The molecule has 0 bridgehead atoms. The van der Waals surface area contributed by atoms with Crippen LogP contribution >= 0.6 is 0 Å². The zero-order valence-electron chi connectivity index (χ0n) is 16.0. The molecule has 2 aromatic rings. The maximum atomic E-state index is 12.7. The van der Waals surface area contributed by atoms with Crippen LogP contribution in [0.3, 0.4) is 0 Å². The summed E-state index contributed by atoms with van der Waals surface area (Å²) in [6, 6.07) is 14.5. The molecule has 0 spiro atoms. The maximum absolute atomic E-state index is 12.7. The molecule has 0 radical (unpaired) electrons. The van der Waals surface area contributed by atoms with Crippen LogP contribution in [0.25, 0.3) is 0 Å². The Morgan fingerprint density at radius 1 is 1.08 bits per heavy atom. The summed E-state index contributed by atoms with van der Waals surface area (Å²) in [5.74, 6) is 0.744. The van der Waals surface area contributed by atoms with Gasteiger partial charge >= 0.3 is 0 Å². The van der Waals surface area contributed by atoms with Crippen LogP contribution in [-0.4, -0.2) is 12.0 Å². The molecule has 0 aromatic heterocycles. The minimum atomic E-state index is -0.468. The largest absolute Gasteiger partial charge is 0.481 e. The van der Waals surface area contributed by atoms with Crippen LogP contribution in [0.4, 0.5) is 0 Å². The molecule has 0 saturated heterocycles. The van der Waals surface area contributed by atoms with Crippen molar-refractivity contribution < 1.29 is 9.53 Å². The monoisotopic (exact) mass is 351 g/mol. The lowest BCUT2D eigenvalue weighted by atomic mass is 9.92. The topological polar surface area (TPSA) is 38.3 Å². The van der Waals surface area contributed by atoms with E-state index in [4.69, 9.17) is 4.74 Å². The van der Waals surface area contributed by atoms with Gasteiger partial charge in [0.1, 0.15) is 5.75 Å². The minimum Gasteiger partial charge on any atom is -0.481 e. The van der Waals surface area contributed by atoms with Gasteiger partial charge in [-0.1, -0.05) is 42.8 Å². The summed E-state index contributed by atoms with van der Waals surface area (Å²) in [5.41, 5.74) is 5.12. The van der Waals surface area contributed by atoms with Gasteiger partial charge in [-0.25, -0.2) is 0 Å². The molecule has 1 aliphatic rings. The molecule has 1 amide bonds. The fraction of sp³-hybridized carbons (Fsp3) is 0.435. The normalized spacial score (nSPS) is 15.7. The number of amides is 1. The van der Waals surface area contributed by atoms with Gasteiger partial charge in [0.2, 0.25) is 0 Å². The van der Waals surface area contributed by atoms with Crippen LogP contribution in [0.15, 0.2) is 42.5 Å². The summed E-state index contributed by atoms with van der Waals surface area (Å²) in [6.45, 7) is 6.06. The van der Waals surface area contributed by atoms with Crippen molar-refractivity contribution in [3.05, 3.63) is 64.7 Å². The smallest absolute Gasteiger partial charge is 0.261 e. The first-order chi connectivity index (χ1) is 12.6. The van der Waals surface area contributed by atoms with Gasteiger partial charge in [-0.2, -0.15) is 0 Å². The number of ether oxygens (including phenoxy) is 1. The second-order valence-electron chi connectivity index (χ2n) is 7.29. The van der Waals surface area contributed by atoms with Gasteiger partial charge in [-0.05, 0) is 74.8 Å². The number of rotatable bonds is 6. The number of hydrogen-bond donors (Lipinski definition) is 1. The van der Waals surface area contributed by atoms with E-state index >= 15 is 0 Å². The van der Waals surface area contributed by atoms with Gasteiger partial charge in [-0.3, -0.25) is 4.79 Å². The Bertz CT molecular complexity index is 751. The Balaban J connectivity index is 1.64. The van der Waals surface area contributed by atoms with Gasteiger partial charge < -0.3 is 10.1 Å². The van der Waals surface area contributed by atoms with E-state index in [2.05, 4.69) is 48.6 Å². The number of fused-ring (bicyclic) bond motifs is 1. The number of nitrogens with one attached hydrogen (secondary N) is 1. The highest BCUT2D eigenvalue weighted by molar-refractivity contribution is 5.81. The Hall–Kier alpha value is -2.29. The van der Waals surface area contributed by atoms with Crippen LogP contribution < -0.4 is 10.1 Å². The van der Waals surface area contributed by atoms with Gasteiger partial charge in [0, 0.05) is 0 Å². The molecule has 1 aliphatic carbocycles. The highest BCUT2D eigenvalue weighted by Gasteiger charge is 2.21. The predicted octanol–water partition coefficient (Wildman–Crippen LogP) is 4.91. The summed E-state index contributed by atoms with van der Waals surface area (Å²) in [6.07, 6.45) is 4.95. The molecule has 0 saturated carbocycles. The minimum absolute atomic E-state index is 0.0377. The zero-order valence-corrected chi connectivity index (χ0v) is 16.0. The third kappa shape index (κ3) is 4.46. The Labute approximate surface area is 156 Å². The number of hydrogen-bond acceptors (Lipinski definition) is 2. The molecule has 0 heterocycles. The molecule has 138 valence electrons. The summed E-state index contributed by atoms with van der Waals surface area (Å²) in [4.78, 5) is 12.7. The van der Waals surface area contributed by atoms with Crippen LogP contribution in [0.2, 0.25) is 0 Å². The molecule has 3 nitrogen and oxygen atoms in total. The fourth-order valence-electron chi connectivity index (χ4n) is 3.51. The number of carbonyl (C=O) groups excluding carboxylic acids is 1. The molecule has 0 aliphatic heterocycles. The van der Waals surface area contributed by atoms with Gasteiger partial charge in [0.15, 0.2) is 6.10 Å². The van der Waals surface area contributed by atoms with E-state index < -0.39 is 6.10 Å². The quantitative estimate of drug-likeness (QED) is 0.803. The number of benzene rings is 2. The molecule has 26 heavy (non-hydrogen) atoms. The van der Waals surface area contributed by atoms with E-state index in [-0.39, 0.29) is 11.9 Å². The second-order valence-corrected chi connectivity index (χ2v) is 7.29. The third-order valence-corrected chi connectivity index (χ3v) is 5.20. The summed E-state index contributed by atoms with van der Waals surface area (Å²) >= 11 is 0. The maximum Gasteiger partial charge on any atom is 0.261 e. The fourth-order valence-corrected chi connectivity index (χ4v) is 3.51. The van der Waals surface area contributed by atoms with Crippen molar-refractivity contribution in [2.45, 2.75) is 65.0 Å². The van der Waals surface area contributed by atoms with Crippen molar-refractivity contribution in [1.82, 2.24) is 5.32 Å². The molecule has 2 aromatic carbocycles. The molecule has 1 N–H and O–H groups in total. The van der Waals surface area contributed by atoms with Crippen LogP contribution in [0, 0.1) is 6.92 Å². The lowest BCUT2D eigenvalue weighted by Crippen LogP contribution is -2.39. The Kier molecular flexibility index (Phi) is 5.97. The average Bonchev–Trinajstić information content (AvgIpc) is 2.66. The van der Waals surface area contributed by atoms with Gasteiger partial charge in [-0.15, -0.1) is 0 Å². The highest BCUT2D eigenvalue weighted by atomic mass is 16.5. The van der Waals surface area contributed by atoms with Crippen molar-refractivity contribution in [2.75, 3.05) is 0 Å². The number of carbonyl (C=O) groups is 1. The van der Waals surface area contributed by atoms with E-state index in [9.17, 15) is 4.79 Å².